The molecule has 0 saturated heterocycles. The van der Waals surface area contributed by atoms with E-state index in [2.05, 4.69) is 4.98 Å². The Morgan fingerprint density at radius 1 is 1.10 bits per heavy atom. The number of H-pyrrole nitrogens is 1. The molecule has 0 fully saturated rings. The molecule has 0 radical (unpaired) electrons. The summed E-state index contributed by atoms with van der Waals surface area (Å²) < 4.78 is 0. The molecular weight excluding hydrogens is 290 g/mol. The monoisotopic (exact) mass is 301 g/mol. The van der Waals surface area contributed by atoms with Gasteiger partial charge < -0.3 is 10.7 Å². The summed E-state index contributed by atoms with van der Waals surface area (Å²) in [7, 11) is 0. The molecule has 4 N–H and O–H groups in total. The second kappa shape index (κ2) is 5.23. The Labute approximate surface area is 125 Å². The summed E-state index contributed by atoms with van der Waals surface area (Å²) in [6, 6.07) is 15.6. The van der Waals surface area contributed by atoms with Crippen molar-refractivity contribution < 1.29 is 0 Å². The van der Waals surface area contributed by atoms with Gasteiger partial charge in [-0.2, -0.15) is 0 Å². The number of hydrogen-bond acceptors (Lipinski definition) is 2. The summed E-state index contributed by atoms with van der Waals surface area (Å²) in [6.45, 7) is 0. The predicted molar refractivity (Wildman–Crippen MR) is 86.5 cm³/mol. The Morgan fingerprint density at radius 2 is 1.80 bits per heavy atom. The summed E-state index contributed by atoms with van der Waals surface area (Å²) in [6.07, 6.45) is 0. The summed E-state index contributed by atoms with van der Waals surface area (Å²) in [5.41, 5.74) is 8.57. The molecule has 0 saturated carbocycles. The van der Waals surface area contributed by atoms with E-state index >= 15 is 0 Å². The van der Waals surface area contributed by atoms with Crippen LogP contribution in [0.1, 0.15) is 0 Å². The van der Waals surface area contributed by atoms with Crippen molar-refractivity contribution in [3.8, 4) is 11.3 Å². The molecule has 1 heterocycles. The van der Waals surface area contributed by atoms with Crippen LogP contribution in [0.4, 0.5) is 0 Å². The number of aromatic nitrogens is 1. The molecule has 20 heavy (non-hydrogen) atoms. The van der Waals surface area contributed by atoms with Gasteiger partial charge in [0.2, 0.25) is 0 Å². The Balaban J connectivity index is 2.23. The first-order valence-corrected chi connectivity index (χ1v) is 7.23. The second-order valence-electron chi connectivity index (χ2n) is 4.35. The molecule has 0 amide bonds. The first-order chi connectivity index (χ1) is 9.65. The van der Waals surface area contributed by atoms with Crippen LogP contribution in [0.15, 0.2) is 53.4 Å². The van der Waals surface area contributed by atoms with Crippen molar-refractivity contribution in [1.82, 2.24) is 4.98 Å². The van der Waals surface area contributed by atoms with Crippen LogP contribution in [0.3, 0.4) is 0 Å². The maximum atomic E-state index is 7.54. The number of hydrogen-bond donors (Lipinski definition) is 3. The molecule has 0 aliphatic heterocycles. The van der Waals surface area contributed by atoms with Gasteiger partial charge >= 0.3 is 0 Å². The van der Waals surface area contributed by atoms with Crippen LogP contribution in [0, 0.1) is 5.41 Å². The molecule has 0 aliphatic rings. The molecule has 1 aromatic heterocycles. The minimum absolute atomic E-state index is 0.0740. The number of benzene rings is 2. The fourth-order valence-corrected chi connectivity index (χ4v) is 3.06. The average molecular weight is 302 g/mol. The Morgan fingerprint density at radius 3 is 2.50 bits per heavy atom. The molecule has 0 spiro atoms. The fraction of sp³-hybridized carbons (Fsp3) is 0. The number of halogens is 1. The van der Waals surface area contributed by atoms with Crippen molar-refractivity contribution >= 4 is 39.4 Å². The standard InChI is InChI=1S/C15H12ClN3S/c16-10-7-5-9(6-8-10)13-14(20-15(17)18)11-3-1-2-4-12(11)19-13/h1-8,19H,(H3,17,18). The van der Waals surface area contributed by atoms with Gasteiger partial charge in [0.05, 0.1) is 5.69 Å². The van der Waals surface area contributed by atoms with Gasteiger partial charge in [-0.25, -0.2) is 0 Å². The summed E-state index contributed by atoms with van der Waals surface area (Å²) in [5, 5.41) is 9.39. The van der Waals surface area contributed by atoms with Crippen LogP contribution in [0.2, 0.25) is 5.02 Å². The van der Waals surface area contributed by atoms with Crippen LogP contribution in [-0.4, -0.2) is 10.2 Å². The Bertz CT molecular complexity index is 777. The van der Waals surface area contributed by atoms with Crippen molar-refractivity contribution in [1.29, 1.82) is 5.41 Å². The molecule has 3 rings (SSSR count). The Hall–Kier alpha value is -1.91. The molecule has 0 bridgehead atoms. The van der Waals surface area contributed by atoms with Gasteiger partial charge in [0, 0.05) is 20.8 Å². The zero-order valence-corrected chi connectivity index (χ0v) is 12.1. The van der Waals surface area contributed by atoms with Gasteiger partial charge in [-0.15, -0.1) is 0 Å². The number of rotatable bonds is 2. The first kappa shape index (κ1) is 13.1. The lowest BCUT2D eigenvalue weighted by Gasteiger charge is -2.04. The van der Waals surface area contributed by atoms with Crippen molar-refractivity contribution in [2.45, 2.75) is 4.90 Å². The summed E-state index contributed by atoms with van der Waals surface area (Å²) in [5.74, 6) is 0. The van der Waals surface area contributed by atoms with E-state index in [0.717, 1.165) is 27.1 Å². The lowest BCUT2D eigenvalue weighted by molar-refractivity contribution is 1.40. The number of amidine groups is 1. The van der Waals surface area contributed by atoms with E-state index in [4.69, 9.17) is 22.7 Å². The molecule has 2 aromatic carbocycles. The van der Waals surface area contributed by atoms with Gasteiger partial charge in [0.25, 0.3) is 0 Å². The molecular formula is C15H12ClN3S. The van der Waals surface area contributed by atoms with Gasteiger partial charge in [0.15, 0.2) is 5.17 Å². The predicted octanol–water partition coefficient (Wildman–Crippen LogP) is 4.47. The maximum Gasteiger partial charge on any atom is 0.156 e. The quantitative estimate of drug-likeness (QED) is 0.371. The number of para-hydroxylation sites is 1. The topological polar surface area (TPSA) is 65.7 Å². The van der Waals surface area contributed by atoms with E-state index in [1.165, 1.54) is 11.8 Å². The Kier molecular flexibility index (Phi) is 3.42. The van der Waals surface area contributed by atoms with Crippen molar-refractivity contribution in [2.24, 2.45) is 5.73 Å². The van der Waals surface area contributed by atoms with E-state index < -0.39 is 0 Å². The van der Waals surface area contributed by atoms with Crippen molar-refractivity contribution in [3.05, 3.63) is 53.6 Å². The van der Waals surface area contributed by atoms with Crippen LogP contribution in [-0.2, 0) is 0 Å². The highest BCUT2D eigenvalue weighted by atomic mass is 35.5. The zero-order chi connectivity index (χ0) is 14.1. The number of thioether (sulfide) groups is 1. The lowest BCUT2D eigenvalue weighted by Crippen LogP contribution is -2.03. The summed E-state index contributed by atoms with van der Waals surface area (Å²) in [4.78, 5) is 4.36. The van der Waals surface area contributed by atoms with Crippen LogP contribution in [0.25, 0.3) is 22.2 Å². The third kappa shape index (κ3) is 2.40. The van der Waals surface area contributed by atoms with E-state index in [0.29, 0.717) is 5.02 Å². The van der Waals surface area contributed by atoms with Crippen LogP contribution in [0.5, 0.6) is 0 Å². The highest BCUT2D eigenvalue weighted by molar-refractivity contribution is 8.14. The zero-order valence-electron chi connectivity index (χ0n) is 10.5. The number of fused-ring (bicyclic) bond motifs is 1. The molecule has 0 atom stereocenters. The molecule has 0 unspecified atom stereocenters. The van der Waals surface area contributed by atoms with E-state index in [-0.39, 0.29) is 5.17 Å². The molecule has 5 heteroatoms. The first-order valence-electron chi connectivity index (χ1n) is 6.03. The number of nitrogens with one attached hydrogen (secondary N) is 2. The second-order valence-corrected chi connectivity index (χ2v) is 5.84. The van der Waals surface area contributed by atoms with Gasteiger partial charge in [-0.1, -0.05) is 53.7 Å². The van der Waals surface area contributed by atoms with Crippen LogP contribution >= 0.6 is 23.4 Å². The minimum Gasteiger partial charge on any atom is -0.378 e. The van der Waals surface area contributed by atoms with Crippen LogP contribution < -0.4 is 5.73 Å². The third-order valence-electron chi connectivity index (χ3n) is 3.00. The largest absolute Gasteiger partial charge is 0.378 e. The average Bonchev–Trinajstić information content (AvgIpc) is 2.78. The highest BCUT2D eigenvalue weighted by Crippen LogP contribution is 2.37. The van der Waals surface area contributed by atoms with Crippen molar-refractivity contribution in [2.75, 3.05) is 0 Å². The smallest absolute Gasteiger partial charge is 0.156 e. The molecule has 0 aliphatic carbocycles. The van der Waals surface area contributed by atoms with Gasteiger partial charge in [0.1, 0.15) is 0 Å². The number of nitrogens with two attached hydrogens (primary N) is 1. The molecule has 3 aromatic rings. The third-order valence-corrected chi connectivity index (χ3v) is 4.10. The van der Waals surface area contributed by atoms with Gasteiger partial charge in [-0.3, -0.25) is 5.41 Å². The molecule has 3 nitrogen and oxygen atoms in total. The fourth-order valence-electron chi connectivity index (χ4n) is 2.15. The minimum atomic E-state index is 0.0740. The van der Waals surface area contributed by atoms with E-state index in [1.54, 1.807) is 0 Å². The summed E-state index contributed by atoms with van der Waals surface area (Å²) >= 11 is 7.19. The lowest BCUT2D eigenvalue weighted by atomic mass is 10.1. The normalized spacial score (nSPS) is 10.8. The van der Waals surface area contributed by atoms with E-state index in [1.807, 2.05) is 48.5 Å². The maximum absolute atomic E-state index is 7.54. The number of aromatic amines is 1. The van der Waals surface area contributed by atoms with E-state index in [9.17, 15) is 0 Å². The molecule has 100 valence electrons. The highest BCUT2D eigenvalue weighted by Gasteiger charge is 2.14. The van der Waals surface area contributed by atoms with Crippen molar-refractivity contribution in [3.63, 3.8) is 0 Å². The van der Waals surface area contributed by atoms with Gasteiger partial charge in [-0.05, 0) is 23.8 Å². The SMILES string of the molecule is N=C(N)Sc1c(-c2ccc(Cl)cc2)[nH]c2ccccc12.